The Morgan fingerprint density at radius 1 is 1.16 bits per heavy atom. The molecule has 4 rings (SSSR count). The number of aromatic amines is 1. The fraction of sp³-hybridized carbons (Fsp3) is 0.333. The molecule has 9 nitrogen and oxygen atoms in total. The van der Waals surface area contributed by atoms with Gasteiger partial charge >= 0.3 is 0 Å². The quantitative estimate of drug-likeness (QED) is 0.639. The van der Waals surface area contributed by atoms with Gasteiger partial charge in [0.05, 0.1) is 10.6 Å². The molecule has 0 saturated carbocycles. The number of carbonyl (C=O) groups is 1. The van der Waals surface area contributed by atoms with E-state index in [1.165, 1.54) is 21.6 Å². The summed E-state index contributed by atoms with van der Waals surface area (Å²) >= 11 is 0. The minimum Gasteiger partial charge on any atom is -0.475 e. The monoisotopic (exact) mass is 444 g/mol. The van der Waals surface area contributed by atoms with Gasteiger partial charge in [0.2, 0.25) is 10.0 Å². The van der Waals surface area contributed by atoms with E-state index in [0.29, 0.717) is 33.5 Å². The molecular formula is C21H24N4O5S. The van der Waals surface area contributed by atoms with E-state index in [0.717, 1.165) is 0 Å². The number of amides is 1. The van der Waals surface area contributed by atoms with Crippen molar-refractivity contribution in [2.75, 3.05) is 4.90 Å². The number of H-pyrrole nitrogens is 1. The summed E-state index contributed by atoms with van der Waals surface area (Å²) in [6, 6.07) is 4.26. The molecule has 1 aliphatic rings. The molecule has 0 bridgehead atoms. The number of hydrogen-bond donors (Lipinski definition) is 2. The predicted octanol–water partition coefficient (Wildman–Crippen LogP) is 2.09. The van der Waals surface area contributed by atoms with Gasteiger partial charge in [0.15, 0.2) is 11.4 Å². The maximum atomic E-state index is 13.1. The first-order valence-corrected chi connectivity index (χ1v) is 11.3. The first kappa shape index (κ1) is 21.1. The summed E-state index contributed by atoms with van der Waals surface area (Å²) in [5.41, 5.74) is 0.301. The topological polar surface area (TPSA) is 127 Å². The Labute approximate surface area is 179 Å². The maximum Gasteiger partial charge on any atom is 0.274 e. The summed E-state index contributed by atoms with van der Waals surface area (Å²) in [5.74, 6) is 0.0617. The number of hydrogen-bond acceptors (Lipinski definition) is 5. The first-order valence-electron chi connectivity index (χ1n) is 9.73. The number of sulfonamides is 1. The molecule has 0 aliphatic carbocycles. The number of aryl methyl sites for hydroxylation is 1. The van der Waals surface area contributed by atoms with Gasteiger partial charge < -0.3 is 19.2 Å². The lowest BCUT2D eigenvalue weighted by molar-refractivity contribution is -0.133. The molecule has 164 valence electrons. The van der Waals surface area contributed by atoms with Crippen molar-refractivity contribution in [1.82, 2.24) is 9.55 Å². The maximum absolute atomic E-state index is 13.1. The normalized spacial score (nSPS) is 16.0. The Hall–Kier alpha value is -3.11. The molecular weight excluding hydrogens is 420 g/mol. The minimum atomic E-state index is -4.09. The summed E-state index contributed by atoms with van der Waals surface area (Å²) in [4.78, 5) is 29.9. The second kappa shape index (κ2) is 6.69. The number of fused-ring (bicyclic) bond motifs is 2. The van der Waals surface area contributed by atoms with Crippen LogP contribution >= 0.6 is 0 Å². The third-order valence-electron chi connectivity index (χ3n) is 5.42. The van der Waals surface area contributed by atoms with Crippen LogP contribution in [0.25, 0.3) is 22.0 Å². The van der Waals surface area contributed by atoms with Gasteiger partial charge in [0, 0.05) is 42.0 Å². The zero-order chi connectivity index (χ0) is 22.9. The van der Waals surface area contributed by atoms with Crippen LogP contribution in [0.1, 0.15) is 27.7 Å². The number of benzene rings is 1. The Morgan fingerprint density at radius 2 is 1.84 bits per heavy atom. The first-order chi connectivity index (χ1) is 14.3. The number of nitrogens with two attached hydrogens (primary N) is 1. The highest BCUT2D eigenvalue weighted by Gasteiger charge is 2.43. The van der Waals surface area contributed by atoms with Crippen LogP contribution in [-0.2, 0) is 21.9 Å². The largest absolute Gasteiger partial charge is 0.475 e. The van der Waals surface area contributed by atoms with E-state index in [2.05, 4.69) is 4.98 Å². The van der Waals surface area contributed by atoms with E-state index in [9.17, 15) is 18.0 Å². The standard InChI is InChI=1S/C21H24N4O5S/c1-11(2)25-16-9-12(31(22,28)29)8-14(18(16)30-21(3,4)20(25)27)15-10-24(5)19(26)17-13(15)6-7-23-17/h6-11,23H,1-5H3,(H2,22,28,29). The number of ether oxygens (including phenoxy) is 1. The van der Waals surface area contributed by atoms with Crippen molar-refractivity contribution >= 4 is 32.5 Å². The van der Waals surface area contributed by atoms with Gasteiger partial charge in [0.25, 0.3) is 11.5 Å². The Bertz CT molecular complexity index is 1400. The van der Waals surface area contributed by atoms with Crippen LogP contribution < -0.4 is 20.3 Å². The Morgan fingerprint density at radius 3 is 2.45 bits per heavy atom. The summed E-state index contributed by atoms with van der Waals surface area (Å²) in [6.45, 7) is 7.00. The van der Waals surface area contributed by atoms with E-state index in [1.54, 1.807) is 39.4 Å². The van der Waals surface area contributed by atoms with Crippen molar-refractivity contribution in [3.05, 3.63) is 40.9 Å². The summed E-state index contributed by atoms with van der Waals surface area (Å²) in [5, 5.41) is 6.06. The van der Waals surface area contributed by atoms with Crippen LogP contribution in [0.15, 0.2) is 40.3 Å². The molecule has 2 aromatic heterocycles. The van der Waals surface area contributed by atoms with E-state index in [4.69, 9.17) is 9.88 Å². The number of rotatable bonds is 3. The summed E-state index contributed by atoms with van der Waals surface area (Å²) < 4.78 is 32.1. The minimum absolute atomic E-state index is 0.152. The number of aromatic nitrogens is 2. The lowest BCUT2D eigenvalue weighted by Crippen LogP contribution is -2.55. The molecule has 0 unspecified atom stereocenters. The molecule has 0 atom stereocenters. The highest BCUT2D eigenvalue weighted by Crippen LogP contribution is 2.47. The molecule has 1 amide bonds. The predicted molar refractivity (Wildman–Crippen MR) is 118 cm³/mol. The Kier molecular flexibility index (Phi) is 4.56. The van der Waals surface area contributed by atoms with Gasteiger partial charge in [-0.1, -0.05) is 0 Å². The molecule has 3 heterocycles. The second-order valence-corrected chi connectivity index (χ2v) is 10.0. The SMILES string of the molecule is CC(C)N1C(=O)C(C)(C)Oc2c(-c3cn(C)c(=O)c4[nH]ccc34)cc(S(N)(=O)=O)cc21. The fourth-order valence-electron chi connectivity index (χ4n) is 3.93. The fourth-order valence-corrected chi connectivity index (χ4v) is 4.49. The number of nitrogens with zero attached hydrogens (tertiary/aromatic N) is 2. The Balaban J connectivity index is 2.17. The molecule has 1 aromatic carbocycles. The molecule has 3 N–H and O–H groups in total. The van der Waals surface area contributed by atoms with Gasteiger partial charge in [-0.3, -0.25) is 9.59 Å². The zero-order valence-corrected chi connectivity index (χ0v) is 18.7. The van der Waals surface area contributed by atoms with Crippen molar-refractivity contribution < 1.29 is 17.9 Å². The van der Waals surface area contributed by atoms with Crippen LogP contribution in [0.5, 0.6) is 5.75 Å². The number of carbonyl (C=O) groups excluding carboxylic acids is 1. The van der Waals surface area contributed by atoms with Gasteiger partial charge in [-0.25, -0.2) is 13.6 Å². The second-order valence-electron chi connectivity index (χ2n) is 8.47. The number of anilines is 1. The molecule has 10 heteroatoms. The van der Waals surface area contributed by atoms with E-state index >= 15 is 0 Å². The van der Waals surface area contributed by atoms with Crippen molar-refractivity contribution in [3.8, 4) is 16.9 Å². The average molecular weight is 445 g/mol. The molecule has 0 saturated heterocycles. The van der Waals surface area contributed by atoms with Crippen molar-refractivity contribution in [2.45, 2.75) is 44.2 Å². The molecule has 3 aromatic rings. The molecule has 0 radical (unpaired) electrons. The third-order valence-corrected chi connectivity index (χ3v) is 6.32. The smallest absolute Gasteiger partial charge is 0.274 e. The van der Waals surface area contributed by atoms with Crippen LogP contribution in [-0.4, -0.2) is 35.5 Å². The summed E-state index contributed by atoms with van der Waals surface area (Å²) in [7, 11) is -2.48. The molecule has 31 heavy (non-hydrogen) atoms. The highest BCUT2D eigenvalue weighted by atomic mass is 32.2. The van der Waals surface area contributed by atoms with Crippen molar-refractivity contribution in [2.24, 2.45) is 12.2 Å². The van der Waals surface area contributed by atoms with Gasteiger partial charge in [0.1, 0.15) is 5.52 Å². The van der Waals surface area contributed by atoms with E-state index in [-0.39, 0.29) is 22.4 Å². The van der Waals surface area contributed by atoms with Gasteiger partial charge in [-0.15, -0.1) is 0 Å². The average Bonchev–Trinajstić information content (AvgIpc) is 3.14. The highest BCUT2D eigenvalue weighted by molar-refractivity contribution is 7.89. The lowest BCUT2D eigenvalue weighted by atomic mass is 9.96. The lowest BCUT2D eigenvalue weighted by Gasteiger charge is -2.41. The van der Waals surface area contributed by atoms with Gasteiger partial charge in [-0.05, 0) is 45.9 Å². The van der Waals surface area contributed by atoms with Crippen LogP contribution in [0.2, 0.25) is 0 Å². The number of pyridine rings is 1. The van der Waals surface area contributed by atoms with E-state index < -0.39 is 15.6 Å². The molecule has 1 aliphatic heterocycles. The van der Waals surface area contributed by atoms with Crippen LogP contribution in [0, 0.1) is 0 Å². The third kappa shape index (κ3) is 3.22. The number of primary sulfonamides is 1. The van der Waals surface area contributed by atoms with Crippen molar-refractivity contribution in [3.63, 3.8) is 0 Å². The molecule has 0 fully saturated rings. The number of nitrogens with one attached hydrogen (secondary N) is 1. The summed E-state index contributed by atoms with van der Waals surface area (Å²) in [6.07, 6.45) is 3.26. The zero-order valence-electron chi connectivity index (χ0n) is 17.9. The van der Waals surface area contributed by atoms with Crippen LogP contribution in [0.4, 0.5) is 5.69 Å². The molecule has 0 spiro atoms. The van der Waals surface area contributed by atoms with Crippen molar-refractivity contribution in [1.29, 1.82) is 0 Å². The van der Waals surface area contributed by atoms with E-state index in [1.807, 2.05) is 13.8 Å². The van der Waals surface area contributed by atoms with Crippen LogP contribution in [0.3, 0.4) is 0 Å². The van der Waals surface area contributed by atoms with Gasteiger partial charge in [-0.2, -0.15) is 0 Å².